The number of benzene rings is 2. The minimum absolute atomic E-state index is 0.139. The van der Waals surface area contributed by atoms with E-state index in [0.717, 1.165) is 16.6 Å². The quantitative estimate of drug-likeness (QED) is 0.695. The number of hydrogen-bond acceptors (Lipinski definition) is 4. The summed E-state index contributed by atoms with van der Waals surface area (Å²) in [4.78, 5) is 32.2. The Kier molecular flexibility index (Phi) is 5.34. The molecule has 0 saturated heterocycles. The van der Waals surface area contributed by atoms with Crippen LogP contribution >= 0.6 is 0 Å². The number of carbonyl (C=O) groups is 2. The first-order chi connectivity index (χ1) is 12.7. The molecular formula is C20H18N4O2. The van der Waals surface area contributed by atoms with Gasteiger partial charge in [-0.25, -0.2) is 4.98 Å². The molecule has 2 aromatic carbocycles. The Morgan fingerprint density at radius 3 is 2.50 bits per heavy atom. The lowest BCUT2D eigenvalue weighted by Crippen LogP contribution is -2.20. The molecule has 6 heteroatoms. The average molecular weight is 346 g/mol. The zero-order chi connectivity index (χ0) is 18.4. The number of hydrogen-bond donors (Lipinski definition) is 2. The van der Waals surface area contributed by atoms with Gasteiger partial charge in [-0.1, -0.05) is 24.3 Å². The van der Waals surface area contributed by atoms with Crippen molar-refractivity contribution in [3.8, 4) is 0 Å². The molecule has 0 atom stereocenters. The number of aromatic nitrogens is 2. The second kappa shape index (κ2) is 8.02. The van der Waals surface area contributed by atoms with Gasteiger partial charge in [0.2, 0.25) is 5.91 Å². The average Bonchev–Trinajstić information content (AvgIpc) is 2.70. The van der Waals surface area contributed by atoms with Gasteiger partial charge < -0.3 is 10.6 Å². The number of carbonyl (C=O) groups excluding carboxylic acids is 2. The lowest BCUT2D eigenvalue weighted by Gasteiger charge is -2.04. The highest BCUT2D eigenvalue weighted by Crippen LogP contribution is 2.09. The first-order valence-electron chi connectivity index (χ1n) is 8.14. The van der Waals surface area contributed by atoms with Crippen LogP contribution in [-0.4, -0.2) is 28.8 Å². The number of amides is 2. The summed E-state index contributed by atoms with van der Waals surface area (Å²) in [6.45, 7) is 0.376. The van der Waals surface area contributed by atoms with Crippen LogP contribution in [0.2, 0.25) is 0 Å². The number of fused-ring (bicyclic) bond motifs is 1. The fraction of sp³-hybridized carbons (Fsp3) is 0.100. The van der Waals surface area contributed by atoms with Gasteiger partial charge in [0.05, 0.1) is 22.9 Å². The maximum atomic E-state index is 12.0. The Labute approximate surface area is 151 Å². The van der Waals surface area contributed by atoms with E-state index in [1.807, 2.05) is 36.4 Å². The fourth-order valence-electron chi connectivity index (χ4n) is 2.38. The van der Waals surface area contributed by atoms with E-state index in [9.17, 15) is 9.59 Å². The van der Waals surface area contributed by atoms with Gasteiger partial charge in [0.1, 0.15) is 0 Å². The maximum Gasteiger partial charge on any atom is 0.251 e. The van der Waals surface area contributed by atoms with E-state index < -0.39 is 0 Å². The molecular weight excluding hydrogens is 328 g/mol. The van der Waals surface area contributed by atoms with Crippen molar-refractivity contribution in [3.63, 3.8) is 0 Å². The Hall–Kier alpha value is -3.54. The molecule has 1 heterocycles. The first-order valence-corrected chi connectivity index (χ1v) is 8.14. The number of nitrogens with one attached hydrogen (secondary N) is 2. The van der Waals surface area contributed by atoms with Crippen molar-refractivity contribution >= 4 is 28.9 Å². The fourth-order valence-corrected chi connectivity index (χ4v) is 2.38. The predicted molar refractivity (Wildman–Crippen MR) is 100 cm³/mol. The van der Waals surface area contributed by atoms with Crippen molar-refractivity contribution in [2.75, 3.05) is 7.05 Å². The third-order valence-corrected chi connectivity index (χ3v) is 3.78. The SMILES string of the molecule is CNC(=O)c1ccc(CNC(=O)/C=C/c2cnc3ccccc3n2)cc1. The smallest absolute Gasteiger partial charge is 0.251 e. The summed E-state index contributed by atoms with van der Waals surface area (Å²) in [6, 6.07) is 14.6. The zero-order valence-corrected chi connectivity index (χ0v) is 14.3. The molecule has 6 nitrogen and oxygen atoms in total. The van der Waals surface area contributed by atoms with Gasteiger partial charge in [0, 0.05) is 25.2 Å². The van der Waals surface area contributed by atoms with Crippen molar-refractivity contribution in [2.45, 2.75) is 6.54 Å². The summed E-state index contributed by atoms with van der Waals surface area (Å²) in [5, 5.41) is 5.36. The molecule has 0 aliphatic heterocycles. The Balaban J connectivity index is 1.57. The number of para-hydroxylation sites is 2. The molecule has 0 aliphatic carbocycles. The predicted octanol–water partition coefficient (Wildman–Crippen LogP) is 2.32. The van der Waals surface area contributed by atoms with Crippen LogP contribution in [0, 0.1) is 0 Å². The third-order valence-electron chi connectivity index (χ3n) is 3.78. The molecule has 0 fully saturated rings. The molecule has 2 N–H and O–H groups in total. The van der Waals surface area contributed by atoms with E-state index in [2.05, 4.69) is 20.6 Å². The largest absolute Gasteiger partial charge is 0.355 e. The van der Waals surface area contributed by atoms with Crippen LogP contribution in [0.25, 0.3) is 17.1 Å². The summed E-state index contributed by atoms with van der Waals surface area (Å²) in [7, 11) is 1.59. The molecule has 0 unspecified atom stereocenters. The molecule has 130 valence electrons. The maximum absolute atomic E-state index is 12.0. The Bertz CT molecular complexity index is 965. The van der Waals surface area contributed by atoms with Crippen molar-refractivity contribution in [2.24, 2.45) is 0 Å². The van der Waals surface area contributed by atoms with Gasteiger partial charge >= 0.3 is 0 Å². The second-order valence-corrected chi connectivity index (χ2v) is 5.61. The lowest BCUT2D eigenvalue weighted by atomic mass is 10.1. The summed E-state index contributed by atoms with van der Waals surface area (Å²) in [5.41, 5.74) is 3.71. The topological polar surface area (TPSA) is 84.0 Å². The number of rotatable bonds is 5. The van der Waals surface area contributed by atoms with Gasteiger partial charge in [0.25, 0.3) is 5.91 Å². The first kappa shape index (κ1) is 17.3. The van der Waals surface area contributed by atoms with E-state index in [1.54, 1.807) is 31.5 Å². The molecule has 2 amide bonds. The monoisotopic (exact) mass is 346 g/mol. The highest BCUT2D eigenvalue weighted by molar-refractivity contribution is 5.94. The lowest BCUT2D eigenvalue weighted by molar-refractivity contribution is -0.116. The van der Waals surface area contributed by atoms with Crippen LogP contribution in [0.15, 0.2) is 60.8 Å². The minimum Gasteiger partial charge on any atom is -0.355 e. The van der Waals surface area contributed by atoms with E-state index in [0.29, 0.717) is 17.8 Å². The van der Waals surface area contributed by atoms with Crippen LogP contribution in [-0.2, 0) is 11.3 Å². The molecule has 0 spiro atoms. The van der Waals surface area contributed by atoms with E-state index in [-0.39, 0.29) is 11.8 Å². The Morgan fingerprint density at radius 2 is 1.77 bits per heavy atom. The summed E-state index contributed by atoms with van der Waals surface area (Å²) < 4.78 is 0. The van der Waals surface area contributed by atoms with Gasteiger partial charge in [-0.2, -0.15) is 0 Å². The molecule has 1 aromatic heterocycles. The van der Waals surface area contributed by atoms with Crippen molar-refractivity contribution in [3.05, 3.63) is 77.6 Å². The molecule has 0 radical (unpaired) electrons. The molecule has 26 heavy (non-hydrogen) atoms. The van der Waals surface area contributed by atoms with Gasteiger partial charge in [0.15, 0.2) is 0 Å². The third kappa shape index (κ3) is 4.30. The highest BCUT2D eigenvalue weighted by Gasteiger charge is 2.03. The van der Waals surface area contributed by atoms with Crippen LogP contribution in [0.3, 0.4) is 0 Å². The van der Waals surface area contributed by atoms with Gasteiger partial charge in [-0.05, 0) is 35.9 Å². The van der Waals surface area contributed by atoms with E-state index in [4.69, 9.17) is 0 Å². The highest BCUT2D eigenvalue weighted by atomic mass is 16.2. The van der Waals surface area contributed by atoms with Crippen LogP contribution in [0.5, 0.6) is 0 Å². The van der Waals surface area contributed by atoms with Crippen LogP contribution in [0.1, 0.15) is 21.6 Å². The van der Waals surface area contributed by atoms with E-state index in [1.165, 1.54) is 6.08 Å². The van der Waals surface area contributed by atoms with Crippen molar-refractivity contribution in [1.29, 1.82) is 0 Å². The van der Waals surface area contributed by atoms with Gasteiger partial charge in [-0.3, -0.25) is 14.6 Å². The normalized spacial score (nSPS) is 10.8. The summed E-state index contributed by atoms with van der Waals surface area (Å²) in [6.07, 6.45) is 4.69. The summed E-state index contributed by atoms with van der Waals surface area (Å²) >= 11 is 0. The van der Waals surface area contributed by atoms with Crippen LogP contribution < -0.4 is 10.6 Å². The summed E-state index contributed by atoms with van der Waals surface area (Å²) in [5.74, 6) is -0.365. The van der Waals surface area contributed by atoms with Crippen molar-refractivity contribution < 1.29 is 9.59 Å². The molecule has 0 aliphatic rings. The minimum atomic E-state index is -0.227. The second-order valence-electron chi connectivity index (χ2n) is 5.61. The zero-order valence-electron chi connectivity index (χ0n) is 14.3. The molecule has 3 aromatic rings. The van der Waals surface area contributed by atoms with E-state index >= 15 is 0 Å². The van der Waals surface area contributed by atoms with Gasteiger partial charge in [-0.15, -0.1) is 0 Å². The molecule has 0 saturated carbocycles. The molecule has 3 rings (SSSR count). The number of nitrogens with zero attached hydrogens (tertiary/aromatic N) is 2. The molecule has 0 bridgehead atoms. The Morgan fingerprint density at radius 1 is 1.04 bits per heavy atom. The van der Waals surface area contributed by atoms with Crippen molar-refractivity contribution in [1.82, 2.24) is 20.6 Å². The van der Waals surface area contributed by atoms with Crippen LogP contribution in [0.4, 0.5) is 0 Å². The standard InChI is InChI=1S/C20H18N4O2/c1-21-20(26)15-8-6-14(7-9-15)12-23-19(25)11-10-16-13-22-17-4-2-3-5-18(17)24-16/h2-11,13H,12H2,1H3,(H,21,26)(H,23,25)/b11-10+.